The molecular formula is C33H33FN6O4. The molecule has 3 atom stereocenters. The Morgan fingerprint density at radius 3 is 2.73 bits per heavy atom. The van der Waals surface area contributed by atoms with E-state index in [-0.39, 0.29) is 23.9 Å². The molecule has 2 aliphatic rings. The van der Waals surface area contributed by atoms with Crippen LogP contribution in [0.1, 0.15) is 51.0 Å². The number of nitrogens with zero attached hydrogens (tertiary/aromatic N) is 3. The van der Waals surface area contributed by atoms with Crippen molar-refractivity contribution in [3.63, 3.8) is 0 Å². The molecule has 0 bridgehead atoms. The van der Waals surface area contributed by atoms with Gasteiger partial charge in [-0.3, -0.25) is 4.79 Å². The highest BCUT2D eigenvalue weighted by Crippen LogP contribution is 2.43. The minimum absolute atomic E-state index is 0.0103. The lowest BCUT2D eigenvalue weighted by atomic mass is 9.92. The monoisotopic (exact) mass is 596 g/mol. The van der Waals surface area contributed by atoms with Gasteiger partial charge in [-0.15, -0.1) is 0 Å². The van der Waals surface area contributed by atoms with E-state index in [1.165, 1.54) is 13.4 Å². The average molecular weight is 597 g/mol. The van der Waals surface area contributed by atoms with Crippen molar-refractivity contribution < 1.29 is 23.5 Å². The van der Waals surface area contributed by atoms with E-state index in [2.05, 4.69) is 26.3 Å². The number of ether oxygens (including phenoxy) is 2. The highest BCUT2D eigenvalue weighted by molar-refractivity contribution is 6.07. The minimum Gasteiger partial charge on any atom is -0.488 e. The summed E-state index contributed by atoms with van der Waals surface area (Å²) in [6.45, 7) is 6.19. The van der Waals surface area contributed by atoms with E-state index >= 15 is 0 Å². The quantitative estimate of drug-likeness (QED) is 0.221. The molecule has 2 aliphatic heterocycles. The number of carbonyl (C=O) groups is 2. The van der Waals surface area contributed by atoms with Crippen molar-refractivity contribution in [3.05, 3.63) is 66.1 Å². The molecule has 44 heavy (non-hydrogen) atoms. The molecule has 11 heteroatoms. The van der Waals surface area contributed by atoms with Gasteiger partial charge in [0.05, 0.1) is 30.5 Å². The third kappa shape index (κ3) is 4.54. The molecule has 0 saturated carbocycles. The molecule has 5 aromatic rings. The van der Waals surface area contributed by atoms with Crippen LogP contribution in [0.3, 0.4) is 0 Å². The Bertz CT molecular complexity index is 1930. The lowest BCUT2D eigenvalue weighted by Crippen LogP contribution is -2.52. The number of aromatic amines is 2. The first-order valence-corrected chi connectivity index (χ1v) is 14.8. The molecule has 1 saturated heterocycles. The van der Waals surface area contributed by atoms with E-state index in [0.29, 0.717) is 23.7 Å². The van der Waals surface area contributed by atoms with E-state index in [4.69, 9.17) is 14.5 Å². The van der Waals surface area contributed by atoms with Crippen LogP contribution in [-0.4, -0.2) is 56.0 Å². The number of H-pyrrole nitrogens is 2. The lowest BCUT2D eigenvalue weighted by Gasteiger charge is -2.32. The Labute approximate surface area is 253 Å². The van der Waals surface area contributed by atoms with E-state index in [9.17, 15) is 14.0 Å². The average Bonchev–Trinajstić information content (AvgIpc) is 3.75. The zero-order chi connectivity index (χ0) is 30.7. The molecule has 226 valence electrons. The number of methoxy groups -OCH3 is 1. The van der Waals surface area contributed by atoms with Crippen molar-refractivity contribution in [2.45, 2.75) is 58.3 Å². The van der Waals surface area contributed by atoms with Crippen LogP contribution < -0.4 is 10.1 Å². The van der Waals surface area contributed by atoms with Crippen molar-refractivity contribution in [2.24, 2.45) is 5.92 Å². The summed E-state index contributed by atoms with van der Waals surface area (Å²) in [5.41, 5.74) is 5.72. The van der Waals surface area contributed by atoms with Gasteiger partial charge in [0.2, 0.25) is 11.9 Å². The molecule has 10 nitrogen and oxygen atoms in total. The summed E-state index contributed by atoms with van der Waals surface area (Å²) in [5, 5.41) is 4.70. The largest absolute Gasteiger partial charge is 0.488 e. The molecule has 0 aliphatic carbocycles. The number of carbonyl (C=O) groups excluding carboxylic acids is 2. The fourth-order valence-electron chi connectivity index (χ4n) is 6.59. The summed E-state index contributed by atoms with van der Waals surface area (Å²) in [7, 11) is 1.29. The van der Waals surface area contributed by atoms with Crippen LogP contribution in [0.5, 0.6) is 5.75 Å². The number of likely N-dealkylation sites (tertiary alicyclic amines) is 1. The third-order valence-corrected chi connectivity index (χ3v) is 8.88. The van der Waals surface area contributed by atoms with Gasteiger partial charge in [0, 0.05) is 22.6 Å². The predicted molar refractivity (Wildman–Crippen MR) is 163 cm³/mol. The van der Waals surface area contributed by atoms with E-state index in [1.807, 2.05) is 62.1 Å². The smallest absolute Gasteiger partial charge is 0.407 e. The standard InChI is InChI=1S/C33H33FN6O4/c1-16(2)27(39-33(42)43-4)32(41)40-17(3)5-10-25(40)31-37-24-9-7-18-12-23-21-8-6-19(28-30(34)36-15-35-28)11-20(21)14-44-26(23)13-22(18)29(24)38-31/h6-9,11-13,15-17,25,27H,5,10,14H2,1-4H3,(H,35,36)(H,37,38)(H,39,42)/t17-,25-,27-/m0/s1. The van der Waals surface area contributed by atoms with E-state index in [1.54, 1.807) is 0 Å². The van der Waals surface area contributed by atoms with E-state index in [0.717, 1.165) is 57.1 Å². The van der Waals surface area contributed by atoms with Gasteiger partial charge in [-0.25, -0.2) is 14.8 Å². The number of halogens is 1. The molecular weight excluding hydrogens is 563 g/mol. The van der Waals surface area contributed by atoms with Crippen LogP contribution in [0.4, 0.5) is 9.18 Å². The maximum absolute atomic E-state index is 14.1. The van der Waals surface area contributed by atoms with Crippen LogP contribution in [0, 0.1) is 11.9 Å². The summed E-state index contributed by atoms with van der Waals surface area (Å²) in [4.78, 5) is 42.7. The Morgan fingerprint density at radius 1 is 1.14 bits per heavy atom. The number of aromatic nitrogens is 4. The fourth-order valence-corrected chi connectivity index (χ4v) is 6.59. The number of hydrogen-bond donors (Lipinski definition) is 3. The zero-order valence-electron chi connectivity index (χ0n) is 24.9. The number of fused-ring (bicyclic) bond motifs is 6. The molecule has 0 spiro atoms. The summed E-state index contributed by atoms with van der Waals surface area (Å²) in [6, 6.07) is 13.0. The summed E-state index contributed by atoms with van der Waals surface area (Å²) >= 11 is 0. The summed E-state index contributed by atoms with van der Waals surface area (Å²) in [6.07, 6.45) is 2.30. The third-order valence-electron chi connectivity index (χ3n) is 8.88. The molecule has 0 radical (unpaired) electrons. The summed E-state index contributed by atoms with van der Waals surface area (Å²) < 4.78 is 25.1. The molecule has 3 N–H and O–H groups in total. The van der Waals surface area contributed by atoms with Gasteiger partial charge in [-0.1, -0.05) is 32.0 Å². The highest BCUT2D eigenvalue weighted by atomic mass is 19.1. The van der Waals surface area contributed by atoms with E-state index < -0.39 is 18.1 Å². The van der Waals surface area contributed by atoms with Gasteiger partial charge < -0.3 is 29.7 Å². The second kappa shape index (κ2) is 10.7. The topological polar surface area (TPSA) is 125 Å². The maximum atomic E-state index is 14.1. The van der Waals surface area contributed by atoms with Crippen molar-refractivity contribution in [1.29, 1.82) is 0 Å². The number of amides is 2. The zero-order valence-corrected chi connectivity index (χ0v) is 24.9. The number of alkyl carbamates (subject to hydrolysis) is 1. The molecule has 2 aromatic heterocycles. The fraction of sp³-hybridized carbons (Fsp3) is 0.333. The normalized spacial score (nSPS) is 18.3. The van der Waals surface area contributed by atoms with Crippen molar-refractivity contribution in [2.75, 3.05) is 7.11 Å². The maximum Gasteiger partial charge on any atom is 0.407 e. The van der Waals surface area contributed by atoms with Crippen molar-refractivity contribution in [3.8, 4) is 28.1 Å². The van der Waals surface area contributed by atoms with Crippen LogP contribution in [0.25, 0.3) is 44.2 Å². The van der Waals surface area contributed by atoms with Crippen LogP contribution >= 0.6 is 0 Å². The first-order valence-electron chi connectivity index (χ1n) is 14.8. The molecule has 4 heterocycles. The van der Waals surface area contributed by atoms with Crippen LogP contribution in [0.15, 0.2) is 48.8 Å². The van der Waals surface area contributed by atoms with Crippen molar-refractivity contribution in [1.82, 2.24) is 30.2 Å². The number of hydrogen-bond acceptors (Lipinski definition) is 6. The van der Waals surface area contributed by atoms with Gasteiger partial charge in [-0.2, -0.15) is 4.39 Å². The van der Waals surface area contributed by atoms with Crippen molar-refractivity contribution >= 4 is 33.8 Å². The second-order valence-corrected chi connectivity index (χ2v) is 11.9. The Hall–Kier alpha value is -4.93. The first kappa shape index (κ1) is 27.9. The SMILES string of the molecule is COC(=O)N[C@H](C(=O)N1[C@@H](C)CC[C@H]1c1nc2ccc3cc4c(cc3c2[nH]1)OCc1cc(-c2[nH]cnc2F)ccc1-4)C(C)C. The van der Waals surface area contributed by atoms with Gasteiger partial charge >= 0.3 is 6.09 Å². The molecule has 3 aromatic carbocycles. The molecule has 2 amide bonds. The van der Waals surface area contributed by atoms with Gasteiger partial charge in [-0.05, 0) is 66.5 Å². The minimum atomic E-state index is -0.711. The number of nitrogens with one attached hydrogen (secondary N) is 3. The predicted octanol–water partition coefficient (Wildman–Crippen LogP) is 6.24. The van der Waals surface area contributed by atoms with Gasteiger partial charge in [0.25, 0.3) is 0 Å². The molecule has 7 rings (SSSR count). The van der Waals surface area contributed by atoms with Crippen LogP contribution in [-0.2, 0) is 16.1 Å². The number of rotatable bonds is 5. The molecule has 1 fully saturated rings. The first-order chi connectivity index (χ1) is 21.2. The molecule has 0 unspecified atom stereocenters. The summed E-state index contributed by atoms with van der Waals surface area (Å²) in [5.74, 6) is 0.671. The lowest BCUT2D eigenvalue weighted by molar-refractivity contribution is -0.137. The van der Waals surface area contributed by atoms with Gasteiger partial charge in [0.1, 0.15) is 29.9 Å². The second-order valence-electron chi connectivity index (χ2n) is 11.9. The Morgan fingerprint density at radius 2 is 1.98 bits per heavy atom. The van der Waals surface area contributed by atoms with Gasteiger partial charge in [0.15, 0.2) is 0 Å². The number of imidazole rings is 2. The Balaban J connectivity index is 1.24. The number of benzene rings is 3. The highest BCUT2D eigenvalue weighted by Gasteiger charge is 2.41. The van der Waals surface area contributed by atoms with Crippen LogP contribution in [0.2, 0.25) is 0 Å². The Kier molecular flexibility index (Phi) is 6.75.